The molecule has 2 fully saturated rings. The molecule has 41 heavy (non-hydrogen) atoms. The number of nitrogens with two attached hydrogens (primary N) is 1. The Kier molecular flexibility index (Phi) is 10.5. The third-order valence-corrected chi connectivity index (χ3v) is 8.52. The van der Waals surface area contributed by atoms with Crippen LogP contribution in [0.1, 0.15) is 51.9 Å². The van der Waals surface area contributed by atoms with Gasteiger partial charge in [-0.1, -0.05) is 60.9 Å². The van der Waals surface area contributed by atoms with Crippen molar-refractivity contribution >= 4 is 34.1 Å². The van der Waals surface area contributed by atoms with E-state index >= 15 is 0 Å². The van der Waals surface area contributed by atoms with Gasteiger partial charge in [0.15, 0.2) is 5.01 Å². The van der Waals surface area contributed by atoms with Crippen LogP contribution in [0.3, 0.4) is 0 Å². The van der Waals surface area contributed by atoms with E-state index in [1.807, 2.05) is 30.3 Å². The van der Waals surface area contributed by atoms with Gasteiger partial charge in [0, 0.05) is 12.1 Å². The van der Waals surface area contributed by atoms with Crippen LogP contribution in [-0.4, -0.2) is 69.5 Å². The number of carboxylic acids is 1. The van der Waals surface area contributed by atoms with Gasteiger partial charge in [0.1, 0.15) is 29.0 Å². The highest BCUT2D eigenvalue weighted by molar-refractivity contribution is 7.19. The predicted molar refractivity (Wildman–Crippen MR) is 157 cm³/mol. The third-order valence-electron chi connectivity index (χ3n) is 7.65. The molecule has 0 spiro atoms. The minimum absolute atomic E-state index is 0.0919. The molecule has 0 bridgehead atoms. The zero-order valence-corrected chi connectivity index (χ0v) is 24.2. The first-order valence-electron chi connectivity index (χ1n) is 14.0. The second kappa shape index (κ2) is 14.2. The lowest BCUT2D eigenvalue weighted by Gasteiger charge is -2.34. The van der Waals surface area contributed by atoms with E-state index in [-0.39, 0.29) is 17.7 Å². The van der Waals surface area contributed by atoms with Gasteiger partial charge in [-0.25, -0.2) is 14.8 Å². The molecular weight excluding hydrogens is 544 g/mol. The number of anilines is 1. The number of carbonyl (C=O) groups is 3. The normalized spacial score (nSPS) is 18.7. The molecule has 0 unspecified atom stereocenters. The molecule has 12 heteroatoms. The number of likely N-dealkylation sites (tertiary alicyclic amines) is 1. The summed E-state index contributed by atoms with van der Waals surface area (Å²) in [6.07, 6.45) is 9.35. The number of carbonyl (C=O) groups excluding carboxylic acids is 2. The van der Waals surface area contributed by atoms with Gasteiger partial charge in [-0.15, -0.1) is 0 Å². The Labute approximate surface area is 243 Å². The van der Waals surface area contributed by atoms with Crippen molar-refractivity contribution in [2.45, 2.75) is 70.0 Å². The molecule has 1 saturated heterocycles. The highest BCUT2D eigenvalue weighted by atomic mass is 32.1. The van der Waals surface area contributed by atoms with Crippen LogP contribution in [-0.2, 0) is 14.4 Å². The second-order valence-corrected chi connectivity index (χ2v) is 11.4. The van der Waals surface area contributed by atoms with Crippen molar-refractivity contribution in [1.82, 2.24) is 25.5 Å². The monoisotopic (exact) mass is 582 g/mol. The summed E-state index contributed by atoms with van der Waals surface area (Å²) in [5.74, 6) is -0.813. The predicted octanol–water partition coefficient (Wildman–Crippen LogP) is 3.78. The van der Waals surface area contributed by atoms with E-state index in [2.05, 4.69) is 20.6 Å². The summed E-state index contributed by atoms with van der Waals surface area (Å²) in [6.45, 7) is 2.20. The molecule has 2 amide bonds. The minimum atomic E-state index is -0.960. The molecule has 11 nitrogen and oxygen atoms in total. The van der Waals surface area contributed by atoms with E-state index in [0.29, 0.717) is 35.3 Å². The van der Waals surface area contributed by atoms with Gasteiger partial charge >= 0.3 is 5.97 Å². The highest BCUT2D eigenvalue weighted by Crippen LogP contribution is 2.35. The van der Waals surface area contributed by atoms with Crippen molar-refractivity contribution in [3.63, 3.8) is 0 Å². The molecule has 5 rings (SSSR count). The molecule has 3 aromatic rings. The van der Waals surface area contributed by atoms with Crippen molar-refractivity contribution in [3.05, 3.63) is 42.8 Å². The Balaban J connectivity index is 0.000000199. The first-order chi connectivity index (χ1) is 19.8. The number of hydrogen-bond acceptors (Lipinski definition) is 9. The van der Waals surface area contributed by atoms with Gasteiger partial charge in [-0.3, -0.25) is 9.59 Å². The zero-order valence-electron chi connectivity index (χ0n) is 23.4. The average Bonchev–Trinajstić information content (AvgIpc) is 3.77. The zero-order chi connectivity index (χ0) is 29.4. The Morgan fingerprint density at radius 1 is 1.12 bits per heavy atom. The summed E-state index contributed by atoms with van der Waals surface area (Å²) in [5.41, 5.74) is 7.75. The number of likely N-dealkylation sites (N-methyl/N-ethyl adjacent to an activating group) is 1. The summed E-state index contributed by atoms with van der Waals surface area (Å²) in [6, 6.07) is 8.06. The summed E-state index contributed by atoms with van der Waals surface area (Å²) in [7, 11) is 1.70. The van der Waals surface area contributed by atoms with Gasteiger partial charge in [-0.2, -0.15) is 0 Å². The van der Waals surface area contributed by atoms with Crippen LogP contribution in [0.25, 0.3) is 22.2 Å². The fourth-order valence-corrected chi connectivity index (χ4v) is 6.07. The molecule has 3 atom stereocenters. The van der Waals surface area contributed by atoms with E-state index in [9.17, 15) is 19.5 Å². The van der Waals surface area contributed by atoms with Crippen molar-refractivity contribution in [1.29, 1.82) is 0 Å². The Hall–Kier alpha value is -3.77. The molecule has 1 aliphatic heterocycles. The SMILES string of the molecule is CN[C@@H](C)C(=O)N[C@H](C(=O)N1CCC[C@H]1C(=O)O)C1CCCCC1.Nc1sc(-c2ncco2)nc1-c1ccccc1. The average molecular weight is 583 g/mol. The fraction of sp³-hybridized carbons (Fsp3) is 0.483. The number of nitrogens with zero attached hydrogens (tertiary/aromatic N) is 3. The standard InChI is InChI=1S/C17H29N3O4.C12H9N3OS/c1-11(18-2)15(21)19-14(12-7-4-3-5-8-12)16(22)20-10-6-9-13(20)17(23)24;13-10-9(8-4-2-1-3-5-8)15-12(17-10)11-14-6-7-16-11/h11-14,18H,3-10H2,1-2H3,(H,19,21)(H,23,24);1-7H,13H2/t11-,13-,14-;/m0./s1. The number of oxazole rings is 1. The molecule has 0 radical (unpaired) electrons. The van der Waals surface area contributed by atoms with Gasteiger partial charge in [0.2, 0.25) is 11.8 Å². The van der Waals surface area contributed by atoms with Crippen molar-refractivity contribution in [2.24, 2.45) is 5.92 Å². The lowest BCUT2D eigenvalue weighted by Crippen LogP contribution is -2.57. The maximum absolute atomic E-state index is 13.0. The van der Waals surface area contributed by atoms with Gasteiger partial charge < -0.3 is 30.8 Å². The number of thiazole rings is 1. The van der Waals surface area contributed by atoms with Crippen LogP contribution in [0, 0.1) is 5.92 Å². The van der Waals surface area contributed by atoms with E-state index in [0.717, 1.165) is 43.4 Å². The molecule has 1 saturated carbocycles. The quantitative estimate of drug-likeness (QED) is 0.309. The Morgan fingerprint density at radius 2 is 1.85 bits per heavy atom. The maximum atomic E-state index is 13.0. The number of aliphatic carboxylic acids is 1. The van der Waals surface area contributed by atoms with Crippen molar-refractivity contribution in [3.8, 4) is 22.2 Å². The lowest BCUT2D eigenvalue weighted by atomic mass is 9.83. The number of nitrogens with one attached hydrogen (secondary N) is 2. The topological polar surface area (TPSA) is 164 Å². The molecule has 2 aromatic heterocycles. The number of rotatable bonds is 8. The van der Waals surface area contributed by atoms with E-state index in [1.165, 1.54) is 22.5 Å². The van der Waals surface area contributed by atoms with Crippen LogP contribution in [0.4, 0.5) is 5.00 Å². The van der Waals surface area contributed by atoms with Crippen molar-refractivity contribution < 1.29 is 23.9 Å². The second-order valence-electron chi connectivity index (χ2n) is 10.4. The summed E-state index contributed by atoms with van der Waals surface area (Å²) in [4.78, 5) is 46.7. The molecule has 2 aliphatic rings. The number of carboxylic acid groups (broad SMARTS) is 1. The molecule has 5 N–H and O–H groups in total. The third kappa shape index (κ3) is 7.50. The number of benzene rings is 1. The number of hydrogen-bond donors (Lipinski definition) is 4. The smallest absolute Gasteiger partial charge is 0.326 e. The number of aromatic nitrogens is 2. The Morgan fingerprint density at radius 3 is 2.49 bits per heavy atom. The largest absolute Gasteiger partial charge is 0.480 e. The van der Waals surface area contributed by atoms with Crippen LogP contribution >= 0.6 is 11.3 Å². The van der Waals surface area contributed by atoms with Crippen LogP contribution in [0.5, 0.6) is 0 Å². The Bertz CT molecular complexity index is 1290. The molecule has 3 heterocycles. The van der Waals surface area contributed by atoms with Crippen LogP contribution in [0.2, 0.25) is 0 Å². The van der Waals surface area contributed by atoms with Crippen molar-refractivity contribution in [2.75, 3.05) is 19.3 Å². The van der Waals surface area contributed by atoms with E-state index < -0.39 is 24.1 Å². The first kappa shape index (κ1) is 30.2. The molecular formula is C29H38N6O5S. The van der Waals surface area contributed by atoms with E-state index in [4.69, 9.17) is 10.2 Å². The maximum Gasteiger partial charge on any atom is 0.326 e. The summed E-state index contributed by atoms with van der Waals surface area (Å²) >= 11 is 1.38. The highest BCUT2D eigenvalue weighted by Gasteiger charge is 2.40. The minimum Gasteiger partial charge on any atom is -0.480 e. The number of nitrogen functional groups attached to an aromatic ring is 1. The summed E-state index contributed by atoms with van der Waals surface area (Å²) in [5, 5.41) is 16.5. The van der Waals surface area contributed by atoms with Gasteiger partial charge in [0.25, 0.3) is 5.89 Å². The van der Waals surface area contributed by atoms with E-state index in [1.54, 1.807) is 20.2 Å². The number of amides is 2. The molecule has 1 aromatic carbocycles. The molecule has 1 aliphatic carbocycles. The van der Waals surface area contributed by atoms with Gasteiger partial charge in [0.05, 0.1) is 12.2 Å². The first-order valence-corrected chi connectivity index (χ1v) is 14.8. The fourth-order valence-electron chi connectivity index (χ4n) is 5.28. The van der Waals surface area contributed by atoms with Crippen LogP contribution < -0.4 is 16.4 Å². The van der Waals surface area contributed by atoms with Gasteiger partial charge in [-0.05, 0) is 45.6 Å². The summed E-state index contributed by atoms with van der Waals surface area (Å²) < 4.78 is 5.20. The van der Waals surface area contributed by atoms with Crippen LogP contribution in [0.15, 0.2) is 47.2 Å². The molecule has 220 valence electrons. The lowest BCUT2D eigenvalue weighted by molar-refractivity contribution is -0.150.